The van der Waals surface area contributed by atoms with Crippen LogP contribution >= 0.6 is 11.3 Å². The molecule has 8 heteroatoms. The van der Waals surface area contributed by atoms with E-state index in [0.717, 1.165) is 58.5 Å². The van der Waals surface area contributed by atoms with Crippen LogP contribution in [0.15, 0.2) is 85.1 Å². The van der Waals surface area contributed by atoms with Crippen molar-refractivity contribution in [2.45, 2.75) is 18.9 Å². The summed E-state index contributed by atoms with van der Waals surface area (Å²) in [4.78, 5) is 18.9. The maximum atomic E-state index is 11.1. The molecule has 1 N–H and O–H groups in total. The van der Waals surface area contributed by atoms with Gasteiger partial charge in [-0.15, -0.1) is 0 Å². The lowest BCUT2D eigenvalue weighted by Gasteiger charge is -2.33. The van der Waals surface area contributed by atoms with Crippen LogP contribution in [0.2, 0.25) is 0 Å². The van der Waals surface area contributed by atoms with E-state index in [1.54, 1.807) is 28.8 Å². The molecule has 7 nitrogen and oxygen atoms in total. The van der Waals surface area contributed by atoms with Gasteiger partial charge in [0.25, 0.3) is 0 Å². The zero-order chi connectivity index (χ0) is 24.5. The van der Waals surface area contributed by atoms with Gasteiger partial charge in [0.05, 0.1) is 17.5 Å². The van der Waals surface area contributed by atoms with Crippen LogP contribution in [0, 0.1) is 0 Å². The normalized spacial score (nSPS) is 14.3. The van der Waals surface area contributed by atoms with Crippen molar-refractivity contribution in [1.82, 2.24) is 14.6 Å². The second-order valence-electron chi connectivity index (χ2n) is 8.81. The van der Waals surface area contributed by atoms with Gasteiger partial charge in [0, 0.05) is 42.7 Å². The molecule has 0 amide bonds. The topological polar surface area (TPSA) is 80.0 Å². The third kappa shape index (κ3) is 4.55. The molecule has 0 saturated carbocycles. The lowest BCUT2D eigenvalue weighted by atomic mass is 10.1. The Bertz CT molecular complexity index is 1450. The number of rotatable bonds is 6. The van der Waals surface area contributed by atoms with Gasteiger partial charge in [-0.2, -0.15) is 5.10 Å². The Labute approximate surface area is 212 Å². The number of anilines is 1. The van der Waals surface area contributed by atoms with Gasteiger partial charge in [0.15, 0.2) is 0 Å². The SMILES string of the molecule is O=C(O)c1ccc(-c2cn3nc(-c4ccc(OC5CCN(c6ccccc6)CC5)cc4)sc3n2)cc1. The summed E-state index contributed by atoms with van der Waals surface area (Å²) in [5.74, 6) is -0.0612. The molecule has 2 aromatic heterocycles. The van der Waals surface area contributed by atoms with Gasteiger partial charge in [0.1, 0.15) is 16.9 Å². The molecule has 1 fully saturated rings. The molecule has 1 saturated heterocycles. The fraction of sp³-hybridized carbons (Fsp3) is 0.179. The summed E-state index contributed by atoms with van der Waals surface area (Å²) < 4.78 is 8.03. The molecule has 36 heavy (non-hydrogen) atoms. The summed E-state index contributed by atoms with van der Waals surface area (Å²) >= 11 is 1.51. The van der Waals surface area contributed by atoms with E-state index in [2.05, 4.69) is 39.2 Å². The number of carboxylic acid groups (broad SMARTS) is 1. The maximum Gasteiger partial charge on any atom is 0.335 e. The molecule has 3 heterocycles. The first-order valence-electron chi connectivity index (χ1n) is 11.9. The Kier molecular flexibility index (Phi) is 5.87. The standard InChI is InChI=1S/C28H24N4O3S/c33-27(34)21-8-6-19(7-9-21)25-18-32-28(29-25)36-26(30-32)20-10-12-23(13-11-20)35-24-14-16-31(17-15-24)22-4-2-1-3-5-22/h1-13,18,24H,14-17H2,(H,33,34). The Hall–Kier alpha value is -4.17. The van der Waals surface area contributed by atoms with Crippen LogP contribution in [0.4, 0.5) is 5.69 Å². The second kappa shape index (κ2) is 9.47. The van der Waals surface area contributed by atoms with Crippen LogP contribution < -0.4 is 9.64 Å². The van der Waals surface area contributed by atoms with Crippen molar-refractivity contribution >= 4 is 28.0 Å². The minimum Gasteiger partial charge on any atom is -0.490 e. The lowest BCUT2D eigenvalue weighted by Crippen LogP contribution is -2.38. The van der Waals surface area contributed by atoms with Crippen LogP contribution in [0.25, 0.3) is 26.8 Å². The molecule has 1 aliphatic rings. The molecule has 0 aliphatic carbocycles. The first kappa shape index (κ1) is 22.3. The predicted octanol–water partition coefficient (Wildman–Crippen LogP) is 5.87. The fourth-order valence-electron chi connectivity index (χ4n) is 4.48. The largest absolute Gasteiger partial charge is 0.490 e. The Balaban J connectivity index is 1.10. The molecule has 0 unspecified atom stereocenters. The molecule has 3 aromatic carbocycles. The van der Waals surface area contributed by atoms with E-state index in [-0.39, 0.29) is 11.7 Å². The van der Waals surface area contributed by atoms with E-state index in [1.165, 1.54) is 17.0 Å². The number of para-hydroxylation sites is 1. The molecule has 5 aromatic rings. The monoisotopic (exact) mass is 496 g/mol. The van der Waals surface area contributed by atoms with Crippen molar-refractivity contribution in [1.29, 1.82) is 0 Å². The fourth-order valence-corrected chi connectivity index (χ4v) is 5.37. The molecule has 1 aliphatic heterocycles. The number of hydrogen-bond acceptors (Lipinski definition) is 6. The average molecular weight is 497 g/mol. The number of fused-ring (bicyclic) bond motifs is 1. The number of nitrogens with zero attached hydrogens (tertiary/aromatic N) is 4. The minimum atomic E-state index is -0.941. The van der Waals surface area contributed by atoms with Crippen LogP contribution in [0.3, 0.4) is 0 Å². The van der Waals surface area contributed by atoms with Gasteiger partial charge in [-0.05, 0) is 48.5 Å². The molecule has 0 atom stereocenters. The van der Waals surface area contributed by atoms with Gasteiger partial charge in [-0.3, -0.25) is 0 Å². The molecule has 180 valence electrons. The first-order chi connectivity index (χ1) is 17.6. The lowest BCUT2D eigenvalue weighted by molar-refractivity contribution is 0.0697. The van der Waals surface area contributed by atoms with Gasteiger partial charge in [-0.1, -0.05) is 41.7 Å². The summed E-state index contributed by atoms with van der Waals surface area (Å²) in [6.45, 7) is 1.99. The van der Waals surface area contributed by atoms with E-state index in [1.807, 2.05) is 36.5 Å². The van der Waals surface area contributed by atoms with Gasteiger partial charge >= 0.3 is 5.97 Å². The number of carboxylic acids is 1. The third-order valence-corrected chi connectivity index (χ3v) is 7.41. The van der Waals surface area contributed by atoms with E-state index < -0.39 is 5.97 Å². The highest BCUT2D eigenvalue weighted by molar-refractivity contribution is 7.19. The van der Waals surface area contributed by atoms with Crippen molar-refractivity contribution in [2.24, 2.45) is 0 Å². The van der Waals surface area contributed by atoms with Crippen molar-refractivity contribution < 1.29 is 14.6 Å². The zero-order valence-electron chi connectivity index (χ0n) is 19.4. The first-order valence-corrected chi connectivity index (χ1v) is 12.7. The molecule has 0 spiro atoms. The van der Waals surface area contributed by atoms with Crippen molar-refractivity contribution in [2.75, 3.05) is 18.0 Å². The average Bonchev–Trinajstić information content (AvgIpc) is 3.50. The summed E-state index contributed by atoms with van der Waals surface area (Å²) in [6, 6.07) is 25.3. The summed E-state index contributed by atoms with van der Waals surface area (Å²) in [6.07, 6.45) is 4.09. The van der Waals surface area contributed by atoms with Crippen LogP contribution in [-0.4, -0.2) is 44.9 Å². The second-order valence-corrected chi connectivity index (χ2v) is 9.76. The number of carbonyl (C=O) groups is 1. The quantitative estimate of drug-likeness (QED) is 0.317. The van der Waals surface area contributed by atoms with Crippen LogP contribution in [0.5, 0.6) is 5.75 Å². The number of imidazole rings is 1. The van der Waals surface area contributed by atoms with Crippen molar-refractivity contribution in [3.05, 3.63) is 90.6 Å². The summed E-state index contributed by atoms with van der Waals surface area (Å²) in [5.41, 5.74) is 4.17. The smallest absolute Gasteiger partial charge is 0.335 e. The van der Waals surface area contributed by atoms with Gasteiger partial charge in [-0.25, -0.2) is 14.3 Å². The Morgan fingerprint density at radius 1 is 0.917 bits per heavy atom. The number of ether oxygens (including phenoxy) is 1. The Morgan fingerprint density at radius 2 is 1.61 bits per heavy atom. The molecule has 0 bridgehead atoms. The molecular weight excluding hydrogens is 472 g/mol. The summed E-state index contributed by atoms with van der Waals surface area (Å²) in [5, 5.41) is 14.6. The molecule has 6 rings (SSSR count). The van der Waals surface area contributed by atoms with Crippen molar-refractivity contribution in [3.8, 4) is 27.6 Å². The number of hydrogen-bond donors (Lipinski definition) is 1. The van der Waals surface area contributed by atoms with Crippen LogP contribution in [0.1, 0.15) is 23.2 Å². The maximum absolute atomic E-state index is 11.1. The molecular formula is C28H24N4O3S. The van der Waals surface area contributed by atoms with Gasteiger partial charge in [0.2, 0.25) is 4.96 Å². The van der Waals surface area contributed by atoms with Crippen LogP contribution in [-0.2, 0) is 0 Å². The minimum absolute atomic E-state index is 0.224. The zero-order valence-corrected chi connectivity index (χ0v) is 20.3. The van der Waals surface area contributed by atoms with E-state index in [9.17, 15) is 4.79 Å². The highest BCUT2D eigenvalue weighted by Gasteiger charge is 2.21. The highest BCUT2D eigenvalue weighted by atomic mass is 32.1. The number of aromatic nitrogens is 3. The number of piperidine rings is 1. The van der Waals surface area contributed by atoms with E-state index in [0.29, 0.717) is 0 Å². The van der Waals surface area contributed by atoms with Gasteiger partial charge < -0.3 is 14.7 Å². The Morgan fingerprint density at radius 3 is 2.28 bits per heavy atom. The highest BCUT2D eigenvalue weighted by Crippen LogP contribution is 2.30. The number of aromatic carboxylic acids is 1. The molecule has 0 radical (unpaired) electrons. The number of benzene rings is 3. The van der Waals surface area contributed by atoms with Crippen molar-refractivity contribution in [3.63, 3.8) is 0 Å². The van der Waals surface area contributed by atoms with E-state index >= 15 is 0 Å². The van der Waals surface area contributed by atoms with E-state index in [4.69, 9.17) is 9.84 Å². The predicted molar refractivity (Wildman–Crippen MR) is 141 cm³/mol. The third-order valence-electron chi connectivity index (χ3n) is 6.44. The summed E-state index contributed by atoms with van der Waals surface area (Å²) in [7, 11) is 0.